The Morgan fingerprint density at radius 1 is 0.867 bits per heavy atom. The van der Waals surface area contributed by atoms with Crippen LogP contribution in [0, 0.1) is 27.7 Å². The Morgan fingerprint density at radius 3 is 2.07 bits per heavy atom. The molecular formula is C23H30N4O3. The molecule has 4 amide bonds. The van der Waals surface area contributed by atoms with Gasteiger partial charge in [-0.1, -0.05) is 47.5 Å². The minimum atomic E-state index is -0.437. The molecule has 2 aromatic carbocycles. The largest absolute Gasteiger partial charge is 0.335 e. The van der Waals surface area contributed by atoms with Crippen LogP contribution < -0.4 is 16.0 Å². The molecule has 0 fully saturated rings. The van der Waals surface area contributed by atoms with Crippen molar-refractivity contribution in [3.8, 4) is 0 Å². The Kier molecular flexibility index (Phi) is 7.98. The number of carbonyl (C=O) groups excluding carboxylic acids is 3. The molecule has 0 bridgehead atoms. The second kappa shape index (κ2) is 10.4. The minimum Gasteiger partial charge on any atom is -0.335 e. The van der Waals surface area contributed by atoms with Crippen LogP contribution in [0.25, 0.3) is 0 Å². The highest BCUT2D eigenvalue weighted by Gasteiger charge is 2.15. The first-order valence-electron chi connectivity index (χ1n) is 9.84. The summed E-state index contributed by atoms with van der Waals surface area (Å²) in [6.07, 6.45) is 0. The average Bonchev–Trinajstić information content (AvgIpc) is 2.68. The van der Waals surface area contributed by atoms with E-state index in [-0.39, 0.29) is 24.9 Å². The molecule has 0 spiro atoms. The summed E-state index contributed by atoms with van der Waals surface area (Å²) in [7, 11) is 1.53. The van der Waals surface area contributed by atoms with Gasteiger partial charge in [-0.25, -0.2) is 4.79 Å². The Bertz CT molecular complexity index is 900. The lowest BCUT2D eigenvalue weighted by atomic mass is 10.1. The van der Waals surface area contributed by atoms with E-state index in [9.17, 15) is 14.4 Å². The molecule has 30 heavy (non-hydrogen) atoms. The van der Waals surface area contributed by atoms with E-state index in [1.807, 2.05) is 64.1 Å². The van der Waals surface area contributed by atoms with Gasteiger partial charge in [0, 0.05) is 19.3 Å². The number of anilines is 1. The monoisotopic (exact) mass is 410 g/mol. The maximum absolute atomic E-state index is 12.3. The summed E-state index contributed by atoms with van der Waals surface area (Å²) in [4.78, 5) is 37.8. The zero-order valence-electron chi connectivity index (χ0n) is 18.3. The highest BCUT2D eigenvalue weighted by molar-refractivity contribution is 5.96. The van der Waals surface area contributed by atoms with Crippen LogP contribution in [0.5, 0.6) is 0 Å². The van der Waals surface area contributed by atoms with Gasteiger partial charge in [-0.2, -0.15) is 0 Å². The number of hydrogen-bond acceptors (Lipinski definition) is 3. The molecule has 7 heteroatoms. The summed E-state index contributed by atoms with van der Waals surface area (Å²) in [5, 5.41) is 8.09. The van der Waals surface area contributed by atoms with Crippen molar-refractivity contribution in [3.63, 3.8) is 0 Å². The Morgan fingerprint density at radius 2 is 1.47 bits per heavy atom. The normalized spacial score (nSPS) is 10.3. The molecule has 0 unspecified atom stereocenters. The predicted octanol–water partition coefficient (Wildman–Crippen LogP) is 2.82. The molecule has 0 saturated heterocycles. The summed E-state index contributed by atoms with van der Waals surface area (Å²) < 4.78 is 0. The third kappa shape index (κ3) is 6.92. The lowest BCUT2D eigenvalue weighted by molar-refractivity contribution is -0.132. The minimum absolute atomic E-state index is 0.0990. The summed E-state index contributed by atoms with van der Waals surface area (Å²) in [5.41, 5.74) is 5.96. The quantitative estimate of drug-likeness (QED) is 0.656. The number of nitrogens with one attached hydrogen (secondary N) is 3. The van der Waals surface area contributed by atoms with E-state index in [1.165, 1.54) is 11.9 Å². The van der Waals surface area contributed by atoms with E-state index in [2.05, 4.69) is 16.0 Å². The fraction of sp³-hybridized carbons (Fsp3) is 0.348. The Labute approximate surface area is 177 Å². The first-order chi connectivity index (χ1) is 14.2. The molecule has 2 rings (SSSR count). The van der Waals surface area contributed by atoms with Crippen LogP contribution >= 0.6 is 0 Å². The number of hydrogen-bond donors (Lipinski definition) is 3. The highest BCUT2D eigenvalue weighted by atomic mass is 16.2. The number of likely N-dealkylation sites (N-methyl/N-ethyl adjacent to an activating group) is 1. The summed E-state index contributed by atoms with van der Waals surface area (Å²) in [6, 6.07) is 11.4. The molecule has 0 aliphatic heterocycles. The zero-order chi connectivity index (χ0) is 22.3. The third-order valence-electron chi connectivity index (χ3n) is 4.72. The third-order valence-corrected chi connectivity index (χ3v) is 4.72. The lowest BCUT2D eigenvalue weighted by Gasteiger charge is -2.19. The van der Waals surface area contributed by atoms with Crippen LogP contribution in [-0.4, -0.2) is 42.9 Å². The number of carbonyl (C=O) groups is 3. The van der Waals surface area contributed by atoms with Crippen LogP contribution in [0.1, 0.15) is 27.8 Å². The molecule has 0 aliphatic carbocycles. The van der Waals surface area contributed by atoms with Crippen molar-refractivity contribution in [2.75, 3.05) is 25.5 Å². The molecular weight excluding hydrogens is 380 g/mol. The van der Waals surface area contributed by atoms with Crippen molar-refractivity contribution in [3.05, 3.63) is 64.2 Å². The Hall–Kier alpha value is -3.35. The average molecular weight is 411 g/mol. The predicted molar refractivity (Wildman–Crippen MR) is 118 cm³/mol. The van der Waals surface area contributed by atoms with Gasteiger partial charge in [-0.3, -0.25) is 9.59 Å². The van der Waals surface area contributed by atoms with Crippen molar-refractivity contribution in [1.29, 1.82) is 0 Å². The van der Waals surface area contributed by atoms with Crippen LogP contribution in [-0.2, 0) is 16.1 Å². The molecule has 2 aromatic rings. The molecule has 0 aromatic heterocycles. The fourth-order valence-corrected chi connectivity index (χ4v) is 3.10. The van der Waals surface area contributed by atoms with Crippen molar-refractivity contribution in [2.24, 2.45) is 0 Å². The van der Waals surface area contributed by atoms with Gasteiger partial charge in [-0.15, -0.1) is 0 Å². The van der Waals surface area contributed by atoms with E-state index in [1.54, 1.807) is 0 Å². The van der Waals surface area contributed by atoms with Gasteiger partial charge < -0.3 is 20.9 Å². The number of urea groups is 1. The van der Waals surface area contributed by atoms with Crippen LogP contribution in [0.3, 0.4) is 0 Å². The zero-order valence-corrected chi connectivity index (χ0v) is 18.3. The molecule has 0 aliphatic rings. The Balaban J connectivity index is 1.76. The second-order valence-corrected chi connectivity index (χ2v) is 7.59. The summed E-state index contributed by atoms with van der Waals surface area (Å²) in [6.45, 7) is 7.95. The molecule has 160 valence electrons. The van der Waals surface area contributed by atoms with Crippen LogP contribution in [0.15, 0.2) is 36.4 Å². The SMILES string of the molecule is Cc1ccc(CNC(=O)NCC(=O)N(C)CC(=O)Nc2c(C)cc(C)cc2C)cc1. The summed E-state index contributed by atoms with van der Waals surface area (Å²) >= 11 is 0. The number of rotatable bonds is 7. The first kappa shape index (κ1) is 22.9. The maximum Gasteiger partial charge on any atom is 0.315 e. The first-order valence-corrected chi connectivity index (χ1v) is 9.84. The fourth-order valence-electron chi connectivity index (χ4n) is 3.10. The lowest BCUT2D eigenvalue weighted by Crippen LogP contribution is -2.44. The molecule has 0 heterocycles. The van der Waals surface area contributed by atoms with E-state index in [4.69, 9.17) is 0 Å². The standard InChI is InChI=1S/C23H30N4O3/c1-15-6-8-19(9-7-15)12-24-23(30)25-13-21(29)27(5)14-20(28)26-22-17(3)10-16(2)11-18(22)4/h6-11H,12-14H2,1-5H3,(H,26,28)(H2,24,25,30). The molecule has 0 radical (unpaired) electrons. The van der Waals surface area contributed by atoms with Gasteiger partial charge in [-0.05, 0) is 44.4 Å². The maximum atomic E-state index is 12.3. The number of nitrogens with zero attached hydrogens (tertiary/aromatic N) is 1. The second-order valence-electron chi connectivity index (χ2n) is 7.59. The molecule has 0 atom stereocenters. The van der Waals surface area contributed by atoms with E-state index >= 15 is 0 Å². The molecule has 3 N–H and O–H groups in total. The number of amides is 4. The van der Waals surface area contributed by atoms with Gasteiger partial charge >= 0.3 is 6.03 Å². The van der Waals surface area contributed by atoms with Crippen molar-refractivity contribution >= 4 is 23.5 Å². The number of aryl methyl sites for hydroxylation is 4. The van der Waals surface area contributed by atoms with Gasteiger partial charge in [0.25, 0.3) is 0 Å². The number of benzene rings is 2. The smallest absolute Gasteiger partial charge is 0.315 e. The van der Waals surface area contributed by atoms with Gasteiger partial charge in [0.05, 0.1) is 13.1 Å². The van der Waals surface area contributed by atoms with Gasteiger partial charge in [0.2, 0.25) is 11.8 Å². The van der Waals surface area contributed by atoms with Gasteiger partial charge in [0.1, 0.15) is 0 Å². The van der Waals surface area contributed by atoms with E-state index in [0.717, 1.165) is 33.5 Å². The molecule has 7 nitrogen and oxygen atoms in total. The van der Waals surface area contributed by atoms with Crippen molar-refractivity contribution < 1.29 is 14.4 Å². The van der Waals surface area contributed by atoms with E-state index < -0.39 is 6.03 Å². The van der Waals surface area contributed by atoms with Crippen LogP contribution in [0.2, 0.25) is 0 Å². The molecule has 0 saturated carbocycles. The van der Waals surface area contributed by atoms with Crippen molar-refractivity contribution in [1.82, 2.24) is 15.5 Å². The van der Waals surface area contributed by atoms with Crippen molar-refractivity contribution in [2.45, 2.75) is 34.2 Å². The van der Waals surface area contributed by atoms with E-state index in [0.29, 0.717) is 6.54 Å². The summed E-state index contributed by atoms with van der Waals surface area (Å²) in [5.74, 6) is -0.641. The highest BCUT2D eigenvalue weighted by Crippen LogP contribution is 2.21. The topological polar surface area (TPSA) is 90.5 Å². The van der Waals surface area contributed by atoms with Gasteiger partial charge in [0.15, 0.2) is 0 Å². The van der Waals surface area contributed by atoms with Crippen LogP contribution in [0.4, 0.5) is 10.5 Å².